The summed E-state index contributed by atoms with van der Waals surface area (Å²) in [6, 6.07) is 5.93. The quantitative estimate of drug-likeness (QED) is 0.888. The van der Waals surface area contributed by atoms with Gasteiger partial charge in [0.1, 0.15) is 0 Å². The summed E-state index contributed by atoms with van der Waals surface area (Å²) < 4.78 is 0. The fraction of sp³-hybridized carbons (Fsp3) is 0.333. The second-order valence-electron chi connectivity index (χ2n) is 4.94. The average Bonchev–Trinajstić information content (AvgIpc) is 2.66. The number of carbonyl (C=O) groups excluding carboxylic acids is 1. The number of amides is 1. The van der Waals surface area contributed by atoms with E-state index in [1.165, 1.54) is 11.1 Å². The molecule has 19 heavy (non-hydrogen) atoms. The number of nitrogens with zero attached hydrogens (tertiary/aromatic N) is 1. The maximum atomic E-state index is 12.0. The molecule has 100 valence electrons. The molecular weight excluding hydrogens is 238 g/mol. The summed E-state index contributed by atoms with van der Waals surface area (Å²) in [7, 11) is 0. The Morgan fingerprint density at radius 3 is 2.53 bits per heavy atom. The first-order chi connectivity index (χ1) is 8.97. The number of aromatic amines is 1. The van der Waals surface area contributed by atoms with Crippen LogP contribution in [-0.2, 0) is 11.2 Å². The van der Waals surface area contributed by atoms with Gasteiger partial charge in [-0.3, -0.25) is 9.89 Å². The van der Waals surface area contributed by atoms with Gasteiger partial charge < -0.3 is 5.32 Å². The van der Waals surface area contributed by atoms with Crippen LogP contribution in [0.5, 0.6) is 0 Å². The van der Waals surface area contributed by atoms with Crippen molar-refractivity contribution < 1.29 is 4.79 Å². The highest BCUT2D eigenvalue weighted by molar-refractivity contribution is 5.92. The fourth-order valence-corrected chi connectivity index (χ4v) is 2.02. The van der Waals surface area contributed by atoms with Crippen molar-refractivity contribution >= 4 is 11.6 Å². The SMILES string of the molecule is Cc1ccc(NC(=O)Cc2c(C)n[nH]c2C)cc1C. The van der Waals surface area contributed by atoms with Gasteiger partial charge in [0, 0.05) is 16.9 Å². The number of H-pyrrole nitrogens is 1. The predicted molar refractivity (Wildman–Crippen MR) is 76.3 cm³/mol. The molecule has 1 amide bonds. The van der Waals surface area contributed by atoms with Gasteiger partial charge in [-0.2, -0.15) is 5.10 Å². The number of aromatic nitrogens is 2. The highest BCUT2D eigenvalue weighted by Gasteiger charge is 2.11. The largest absolute Gasteiger partial charge is 0.326 e. The minimum atomic E-state index is -0.0177. The lowest BCUT2D eigenvalue weighted by atomic mass is 10.1. The van der Waals surface area contributed by atoms with Gasteiger partial charge in [-0.1, -0.05) is 6.07 Å². The fourth-order valence-electron chi connectivity index (χ4n) is 2.02. The number of carbonyl (C=O) groups is 1. The molecule has 0 atom stereocenters. The van der Waals surface area contributed by atoms with Gasteiger partial charge >= 0.3 is 0 Å². The normalized spacial score (nSPS) is 10.5. The van der Waals surface area contributed by atoms with Crippen molar-refractivity contribution in [3.05, 3.63) is 46.3 Å². The second kappa shape index (κ2) is 5.26. The lowest BCUT2D eigenvalue weighted by Crippen LogP contribution is -2.15. The molecule has 2 N–H and O–H groups in total. The molecule has 4 nitrogen and oxygen atoms in total. The monoisotopic (exact) mass is 257 g/mol. The summed E-state index contributed by atoms with van der Waals surface area (Å²) in [5.74, 6) is -0.0177. The molecule has 2 rings (SSSR count). The van der Waals surface area contributed by atoms with Gasteiger partial charge in [0.15, 0.2) is 0 Å². The molecule has 1 aromatic heterocycles. The molecule has 0 saturated carbocycles. The zero-order chi connectivity index (χ0) is 14.0. The van der Waals surface area contributed by atoms with E-state index in [4.69, 9.17) is 0 Å². The molecular formula is C15H19N3O. The molecule has 4 heteroatoms. The zero-order valence-electron chi connectivity index (χ0n) is 11.8. The van der Waals surface area contributed by atoms with Crippen molar-refractivity contribution in [1.29, 1.82) is 0 Å². The number of nitrogens with one attached hydrogen (secondary N) is 2. The van der Waals surface area contributed by atoms with E-state index in [1.807, 2.05) is 39.0 Å². The lowest BCUT2D eigenvalue weighted by molar-refractivity contribution is -0.115. The van der Waals surface area contributed by atoms with Gasteiger partial charge in [-0.05, 0) is 51.0 Å². The predicted octanol–water partition coefficient (Wildman–Crippen LogP) is 2.82. The Bertz CT molecular complexity index is 594. The van der Waals surface area contributed by atoms with Crippen LogP contribution >= 0.6 is 0 Å². The Morgan fingerprint density at radius 2 is 1.95 bits per heavy atom. The van der Waals surface area contributed by atoms with Crippen LogP contribution in [0, 0.1) is 27.7 Å². The Kier molecular flexibility index (Phi) is 3.69. The minimum Gasteiger partial charge on any atom is -0.326 e. The van der Waals surface area contributed by atoms with Gasteiger partial charge in [0.05, 0.1) is 12.1 Å². The van der Waals surface area contributed by atoms with E-state index >= 15 is 0 Å². The number of aryl methyl sites for hydroxylation is 4. The summed E-state index contributed by atoms with van der Waals surface area (Å²) in [6.07, 6.45) is 0.348. The van der Waals surface area contributed by atoms with Crippen molar-refractivity contribution in [1.82, 2.24) is 10.2 Å². The first-order valence-corrected chi connectivity index (χ1v) is 6.35. The number of anilines is 1. The molecule has 0 spiro atoms. The highest BCUT2D eigenvalue weighted by atomic mass is 16.1. The van der Waals surface area contributed by atoms with E-state index in [0.717, 1.165) is 22.6 Å². The Balaban J connectivity index is 2.07. The van der Waals surface area contributed by atoms with Crippen molar-refractivity contribution in [3.63, 3.8) is 0 Å². The first-order valence-electron chi connectivity index (χ1n) is 6.35. The lowest BCUT2D eigenvalue weighted by Gasteiger charge is -2.08. The third-order valence-corrected chi connectivity index (χ3v) is 3.41. The zero-order valence-corrected chi connectivity index (χ0v) is 11.8. The third kappa shape index (κ3) is 3.02. The number of benzene rings is 1. The summed E-state index contributed by atoms with van der Waals surface area (Å²) in [4.78, 5) is 12.0. The Morgan fingerprint density at radius 1 is 1.21 bits per heavy atom. The molecule has 0 fully saturated rings. The molecule has 0 aliphatic carbocycles. The number of rotatable bonds is 3. The van der Waals surface area contributed by atoms with E-state index in [1.54, 1.807) is 0 Å². The van der Waals surface area contributed by atoms with Crippen LogP contribution in [0.3, 0.4) is 0 Å². The van der Waals surface area contributed by atoms with Crippen molar-refractivity contribution in [2.75, 3.05) is 5.32 Å². The Hall–Kier alpha value is -2.10. The summed E-state index contributed by atoms with van der Waals surface area (Å²) in [5.41, 5.74) is 6.04. The van der Waals surface area contributed by atoms with Crippen molar-refractivity contribution in [2.45, 2.75) is 34.1 Å². The molecule has 0 radical (unpaired) electrons. The van der Waals surface area contributed by atoms with Gasteiger partial charge in [-0.15, -0.1) is 0 Å². The average molecular weight is 257 g/mol. The van der Waals surface area contributed by atoms with Gasteiger partial charge in [-0.25, -0.2) is 0 Å². The van der Waals surface area contributed by atoms with E-state index in [0.29, 0.717) is 6.42 Å². The number of hydrogen-bond acceptors (Lipinski definition) is 2. The highest BCUT2D eigenvalue weighted by Crippen LogP contribution is 2.15. The third-order valence-electron chi connectivity index (χ3n) is 3.41. The van der Waals surface area contributed by atoms with Crippen LogP contribution < -0.4 is 5.32 Å². The second-order valence-corrected chi connectivity index (χ2v) is 4.94. The van der Waals surface area contributed by atoms with Crippen LogP contribution in [-0.4, -0.2) is 16.1 Å². The first kappa shape index (κ1) is 13.3. The molecule has 0 aliphatic heterocycles. The van der Waals surface area contributed by atoms with Gasteiger partial charge in [0.25, 0.3) is 0 Å². The topological polar surface area (TPSA) is 57.8 Å². The minimum absolute atomic E-state index is 0.0177. The maximum absolute atomic E-state index is 12.0. The molecule has 2 aromatic rings. The summed E-state index contributed by atoms with van der Waals surface area (Å²) in [5, 5.41) is 9.91. The number of hydrogen-bond donors (Lipinski definition) is 2. The van der Waals surface area contributed by atoms with E-state index in [-0.39, 0.29) is 5.91 Å². The van der Waals surface area contributed by atoms with E-state index in [2.05, 4.69) is 22.4 Å². The standard InChI is InChI=1S/C15H19N3O/c1-9-5-6-13(7-10(9)2)16-15(19)8-14-11(3)17-18-12(14)4/h5-7H,8H2,1-4H3,(H,16,19)(H,17,18). The van der Waals surface area contributed by atoms with E-state index < -0.39 is 0 Å². The molecule has 0 saturated heterocycles. The van der Waals surface area contributed by atoms with Crippen LogP contribution in [0.15, 0.2) is 18.2 Å². The summed E-state index contributed by atoms with van der Waals surface area (Å²) >= 11 is 0. The maximum Gasteiger partial charge on any atom is 0.228 e. The molecule has 1 aromatic carbocycles. The molecule has 1 heterocycles. The van der Waals surface area contributed by atoms with Gasteiger partial charge in [0.2, 0.25) is 5.91 Å². The smallest absolute Gasteiger partial charge is 0.228 e. The molecule has 0 bridgehead atoms. The van der Waals surface area contributed by atoms with Crippen LogP contribution in [0.1, 0.15) is 28.1 Å². The van der Waals surface area contributed by atoms with Crippen LogP contribution in [0.25, 0.3) is 0 Å². The van der Waals surface area contributed by atoms with E-state index in [9.17, 15) is 4.79 Å². The summed E-state index contributed by atoms with van der Waals surface area (Å²) in [6.45, 7) is 7.93. The van der Waals surface area contributed by atoms with Crippen LogP contribution in [0.4, 0.5) is 5.69 Å². The molecule has 0 aliphatic rings. The van der Waals surface area contributed by atoms with Crippen molar-refractivity contribution in [3.8, 4) is 0 Å². The Labute approximate surface area is 113 Å². The molecule has 0 unspecified atom stereocenters. The van der Waals surface area contributed by atoms with Crippen molar-refractivity contribution in [2.24, 2.45) is 0 Å². The van der Waals surface area contributed by atoms with Crippen LogP contribution in [0.2, 0.25) is 0 Å².